The molecule has 2 N–H and O–H groups in total. The Morgan fingerprint density at radius 3 is 2.66 bits per heavy atom. The number of halogens is 3. The lowest BCUT2D eigenvalue weighted by Crippen LogP contribution is -2.32. The predicted octanol–water partition coefficient (Wildman–Crippen LogP) is 2.87. The van der Waals surface area contributed by atoms with Gasteiger partial charge in [0, 0.05) is 19.2 Å². The highest BCUT2D eigenvalue weighted by Gasteiger charge is 2.24. The molecule has 1 unspecified atom stereocenters. The van der Waals surface area contributed by atoms with Crippen LogP contribution in [0.1, 0.15) is 23.2 Å². The fourth-order valence-corrected chi connectivity index (χ4v) is 4.50. The van der Waals surface area contributed by atoms with Crippen LogP contribution in [0.25, 0.3) is 0 Å². The van der Waals surface area contributed by atoms with Gasteiger partial charge in [-0.2, -0.15) is 0 Å². The van der Waals surface area contributed by atoms with E-state index < -0.39 is 40.1 Å². The Morgan fingerprint density at radius 2 is 1.97 bits per heavy atom. The molecule has 1 heterocycles. The molecule has 3 rings (SSSR count). The van der Waals surface area contributed by atoms with Gasteiger partial charge in [0.05, 0.1) is 22.4 Å². The van der Waals surface area contributed by atoms with Gasteiger partial charge in [-0.05, 0) is 43.2 Å². The van der Waals surface area contributed by atoms with Gasteiger partial charge in [-0.25, -0.2) is 26.7 Å². The molecular weight excluding hydrogens is 470 g/mol. The Morgan fingerprint density at radius 1 is 1.19 bits per heavy atom. The number of sulfonamides is 1. The van der Waals surface area contributed by atoms with Crippen molar-refractivity contribution < 1.29 is 36.3 Å². The number of hydrogen-bond donors (Lipinski definition) is 2. The predicted molar refractivity (Wildman–Crippen MR) is 111 cm³/mol. The summed E-state index contributed by atoms with van der Waals surface area (Å²) in [6.07, 6.45) is 1.34. The molecule has 12 heteroatoms. The Balaban J connectivity index is 1.62. The van der Waals surface area contributed by atoms with Gasteiger partial charge in [-0.3, -0.25) is 4.79 Å². The van der Waals surface area contributed by atoms with Crippen LogP contribution in [0.4, 0.5) is 14.5 Å². The third kappa shape index (κ3) is 6.22. The summed E-state index contributed by atoms with van der Waals surface area (Å²) in [7, 11) is -4.04. The number of anilines is 1. The normalized spacial score (nSPS) is 16.0. The molecule has 32 heavy (non-hydrogen) atoms. The van der Waals surface area contributed by atoms with Gasteiger partial charge in [-0.1, -0.05) is 11.6 Å². The number of esters is 1. The summed E-state index contributed by atoms with van der Waals surface area (Å²) in [5, 5.41) is 2.03. The lowest BCUT2D eigenvalue weighted by Gasteiger charge is -2.13. The second-order valence-corrected chi connectivity index (χ2v) is 9.02. The van der Waals surface area contributed by atoms with Crippen molar-refractivity contribution in [3.8, 4) is 0 Å². The molecule has 2 aromatic carbocycles. The number of amides is 1. The van der Waals surface area contributed by atoms with Crippen molar-refractivity contribution >= 4 is 39.2 Å². The van der Waals surface area contributed by atoms with Crippen LogP contribution in [0.3, 0.4) is 0 Å². The Kier molecular flexibility index (Phi) is 7.77. The number of carbonyl (C=O) groups excluding carboxylic acids is 2. The summed E-state index contributed by atoms with van der Waals surface area (Å²) in [5.41, 5.74) is -0.447. The third-order valence-electron chi connectivity index (χ3n) is 4.52. The highest BCUT2D eigenvalue weighted by molar-refractivity contribution is 7.89. The molecule has 0 bridgehead atoms. The molecule has 0 aromatic heterocycles. The highest BCUT2D eigenvalue weighted by atomic mass is 35.5. The fraction of sp³-hybridized carbons (Fsp3) is 0.300. The van der Waals surface area contributed by atoms with Crippen molar-refractivity contribution in [1.82, 2.24) is 4.72 Å². The van der Waals surface area contributed by atoms with E-state index in [0.29, 0.717) is 12.7 Å². The summed E-state index contributed by atoms with van der Waals surface area (Å²) >= 11 is 6.00. The molecule has 1 atom stereocenters. The maximum atomic E-state index is 13.6. The molecule has 1 saturated heterocycles. The van der Waals surface area contributed by atoms with Crippen LogP contribution in [0.15, 0.2) is 41.3 Å². The van der Waals surface area contributed by atoms with Gasteiger partial charge in [0.15, 0.2) is 6.61 Å². The van der Waals surface area contributed by atoms with Gasteiger partial charge >= 0.3 is 5.97 Å². The lowest BCUT2D eigenvalue weighted by atomic mass is 10.2. The first kappa shape index (κ1) is 24.1. The number of ether oxygens (including phenoxy) is 2. The van der Waals surface area contributed by atoms with Crippen molar-refractivity contribution in [1.29, 1.82) is 0 Å². The number of benzene rings is 2. The number of hydrogen-bond acceptors (Lipinski definition) is 6. The summed E-state index contributed by atoms with van der Waals surface area (Å²) in [6.45, 7) is -0.152. The molecule has 2 aromatic rings. The molecule has 1 aliphatic rings. The highest BCUT2D eigenvalue weighted by Crippen LogP contribution is 2.23. The Hall–Kier alpha value is -2.60. The molecule has 1 fully saturated rings. The van der Waals surface area contributed by atoms with Gasteiger partial charge < -0.3 is 14.8 Å². The standard InChI is InChI=1S/C20H19ClF2N2O6S/c21-15-5-3-12(8-18(15)32(28,29)24-10-14-2-1-7-30-14)20(27)31-11-19(26)25-17-6-4-13(22)9-16(17)23/h3-6,8-9,14,24H,1-2,7,10-11H2,(H,25,26). The van der Waals surface area contributed by atoms with Crippen molar-refractivity contribution in [2.75, 3.05) is 25.1 Å². The average molecular weight is 489 g/mol. The van der Waals surface area contributed by atoms with Crippen molar-refractivity contribution in [3.05, 3.63) is 58.6 Å². The van der Waals surface area contributed by atoms with E-state index in [1.807, 2.05) is 0 Å². The first-order valence-corrected chi connectivity index (χ1v) is 11.3. The minimum Gasteiger partial charge on any atom is -0.452 e. The largest absolute Gasteiger partial charge is 0.452 e. The molecule has 0 aliphatic carbocycles. The number of nitrogens with one attached hydrogen (secondary N) is 2. The Bertz CT molecular complexity index is 1120. The molecule has 0 saturated carbocycles. The molecule has 0 spiro atoms. The first-order valence-electron chi connectivity index (χ1n) is 9.48. The topological polar surface area (TPSA) is 111 Å². The first-order chi connectivity index (χ1) is 15.2. The zero-order valence-electron chi connectivity index (χ0n) is 16.6. The van der Waals surface area contributed by atoms with E-state index >= 15 is 0 Å². The van der Waals surface area contributed by atoms with Crippen LogP contribution in [-0.2, 0) is 24.3 Å². The second-order valence-electron chi connectivity index (χ2n) is 6.88. The zero-order chi connectivity index (χ0) is 23.3. The van der Waals surface area contributed by atoms with E-state index in [-0.39, 0.29) is 33.8 Å². The third-order valence-corrected chi connectivity index (χ3v) is 6.43. The Labute approximate surface area is 187 Å². The van der Waals surface area contributed by atoms with Gasteiger partial charge in [-0.15, -0.1) is 0 Å². The summed E-state index contributed by atoms with van der Waals surface area (Å²) < 4.78 is 64.3. The summed E-state index contributed by atoms with van der Waals surface area (Å²) in [4.78, 5) is 23.8. The molecule has 0 radical (unpaired) electrons. The van der Waals surface area contributed by atoms with E-state index in [1.165, 1.54) is 12.1 Å². The molecule has 172 valence electrons. The zero-order valence-corrected chi connectivity index (χ0v) is 18.1. The molecular formula is C20H19ClF2N2O6S. The van der Waals surface area contributed by atoms with Gasteiger partial charge in [0.25, 0.3) is 5.91 Å². The summed E-state index contributed by atoms with van der Waals surface area (Å²) in [5.74, 6) is -3.67. The maximum absolute atomic E-state index is 13.6. The smallest absolute Gasteiger partial charge is 0.338 e. The molecule has 1 aliphatic heterocycles. The van der Waals surface area contributed by atoms with Gasteiger partial charge in [0.2, 0.25) is 10.0 Å². The monoisotopic (exact) mass is 488 g/mol. The van der Waals surface area contributed by atoms with Crippen LogP contribution in [0, 0.1) is 11.6 Å². The SMILES string of the molecule is O=C(COC(=O)c1ccc(Cl)c(S(=O)(=O)NCC2CCCO2)c1)Nc1ccc(F)cc1F. The van der Waals surface area contributed by atoms with Crippen LogP contribution < -0.4 is 10.0 Å². The number of rotatable bonds is 8. The van der Waals surface area contributed by atoms with Crippen LogP contribution in [-0.4, -0.2) is 46.2 Å². The van der Waals surface area contributed by atoms with E-state index in [1.54, 1.807) is 0 Å². The van der Waals surface area contributed by atoms with E-state index in [9.17, 15) is 26.8 Å². The molecule has 8 nitrogen and oxygen atoms in total. The van der Waals surface area contributed by atoms with Crippen molar-refractivity contribution in [2.45, 2.75) is 23.8 Å². The van der Waals surface area contributed by atoms with Crippen LogP contribution in [0.2, 0.25) is 5.02 Å². The van der Waals surface area contributed by atoms with Gasteiger partial charge in [0.1, 0.15) is 16.5 Å². The van der Waals surface area contributed by atoms with Crippen molar-refractivity contribution in [2.24, 2.45) is 0 Å². The van der Waals surface area contributed by atoms with Crippen LogP contribution >= 0.6 is 11.6 Å². The second kappa shape index (κ2) is 10.3. The van der Waals surface area contributed by atoms with Crippen molar-refractivity contribution in [3.63, 3.8) is 0 Å². The van der Waals surface area contributed by atoms with Crippen LogP contribution in [0.5, 0.6) is 0 Å². The fourth-order valence-electron chi connectivity index (χ4n) is 2.91. The minimum atomic E-state index is -4.04. The van der Waals surface area contributed by atoms with E-state index in [4.69, 9.17) is 21.1 Å². The van der Waals surface area contributed by atoms with E-state index in [0.717, 1.165) is 31.0 Å². The lowest BCUT2D eigenvalue weighted by molar-refractivity contribution is -0.119. The molecule has 1 amide bonds. The quantitative estimate of drug-likeness (QED) is 0.553. The minimum absolute atomic E-state index is 0.0629. The number of carbonyl (C=O) groups is 2. The van der Waals surface area contributed by atoms with E-state index in [2.05, 4.69) is 10.0 Å². The maximum Gasteiger partial charge on any atom is 0.338 e. The summed E-state index contributed by atoms with van der Waals surface area (Å²) in [6, 6.07) is 6.04. The average Bonchev–Trinajstić information content (AvgIpc) is 3.27.